The SMILES string of the molecule is O=C(COc1cccc2cccnc12)c1ccccc1Br. The van der Waals surface area contributed by atoms with E-state index in [2.05, 4.69) is 20.9 Å². The number of hydrogen-bond acceptors (Lipinski definition) is 3. The van der Waals surface area contributed by atoms with E-state index in [1.807, 2.05) is 48.5 Å². The zero-order chi connectivity index (χ0) is 14.7. The molecule has 0 bridgehead atoms. The van der Waals surface area contributed by atoms with Crippen LogP contribution in [0.15, 0.2) is 65.3 Å². The minimum atomic E-state index is -0.0737. The first kappa shape index (κ1) is 13.8. The van der Waals surface area contributed by atoms with Crippen LogP contribution in [0.1, 0.15) is 10.4 Å². The molecular formula is C17H12BrNO2. The Kier molecular flexibility index (Phi) is 3.97. The molecule has 0 saturated heterocycles. The Hall–Kier alpha value is -2.20. The van der Waals surface area contributed by atoms with Gasteiger partial charge in [-0.3, -0.25) is 9.78 Å². The number of fused-ring (bicyclic) bond motifs is 1. The van der Waals surface area contributed by atoms with Crippen LogP contribution in [0.2, 0.25) is 0 Å². The maximum Gasteiger partial charge on any atom is 0.201 e. The van der Waals surface area contributed by atoms with Crippen LogP contribution < -0.4 is 4.74 Å². The second-order valence-corrected chi connectivity index (χ2v) is 5.38. The average molecular weight is 342 g/mol. The number of hydrogen-bond donors (Lipinski definition) is 0. The number of rotatable bonds is 4. The van der Waals surface area contributed by atoms with Gasteiger partial charge >= 0.3 is 0 Å². The molecule has 0 spiro atoms. The number of nitrogens with zero attached hydrogens (tertiary/aromatic N) is 1. The quantitative estimate of drug-likeness (QED) is 0.665. The molecule has 0 N–H and O–H groups in total. The van der Waals surface area contributed by atoms with Crippen molar-refractivity contribution in [1.82, 2.24) is 4.98 Å². The zero-order valence-electron chi connectivity index (χ0n) is 11.1. The summed E-state index contributed by atoms with van der Waals surface area (Å²) in [4.78, 5) is 16.5. The summed E-state index contributed by atoms with van der Waals surface area (Å²) in [6.07, 6.45) is 1.71. The number of ketones is 1. The average Bonchev–Trinajstić information content (AvgIpc) is 2.53. The molecule has 0 saturated carbocycles. The van der Waals surface area contributed by atoms with Crippen LogP contribution in [-0.4, -0.2) is 17.4 Å². The van der Waals surface area contributed by atoms with Crippen LogP contribution >= 0.6 is 15.9 Å². The lowest BCUT2D eigenvalue weighted by Crippen LogP contribution is -2.12. The van der Waals surface area contributed by atoms with Gasteiger partial charge in [0, 0.05) is 21.6 Å². The van der Waals surface area contributed by atoms with Gasteiger partial charge in [-0.25, -0.2) is 0 Å². The van der Waals surface area contributed by atoms with E-state index in [0.717, 1.165) is 15.4 Å². The number of carbonyl (C=O) groups is 1. The molecule has 0 radical (unpaired) electrons. The van der Waals surface area contributed by atoms with Crippen LogP contribution in [0.3, 0.4) is 0 Å². The standard InChI is InChI=1S/C17H12BrNO2/c18-14-8-2-1-7-13(14)15(20)11-21-16-9-3-5-12-6-4-10-19-17(12)16/h1-10H,11H2. The maximum atomic E-state index is 12.2. The molecule has 3 nitrogen and oxygen atoms in total. The molecule has 0 aliphatic heterocycles. The fourth-order valence-electron chi connectivity index (χ4n) is 2.10. The molecular weight excluding hydrogens is 330 g/mol. The minimum Gasteiger partial charge on any atom is -0.483 e. The lowest BCUT2D eigenvalue weighted by Gasteiger charge is -2.08. The van der Waals surface area contributed by atoms with Gasteiger partial charge in [-0.05, 0) is 18.2 Å². The molecule has 1 aromatic heterocycles. The third-order valence-corrected chi connectivity index (χ3v) is 3.82. The number of para-hydroxylation sites is 1. The maximum absolute atomic E-state index is 12.2. The topological polar surface area (TPSA) is 39.2 Å². The molecule has 1 heterocycles. The molecule has 0 unspecified atom stereocenters. The highest BCUT2D eigenvalue weighted by Crippen LogP contribution is 2.23. The van der Waals surface area contributed by atoms with Crippen LogP contribution in [0.25, 0.3) is 10.9 Å². The van der Waals surface area contributed by atoms with Crippen molar-refractivity contribution in [2.45, 2.75) is 0 Å². The number of benzene rings is 2. The van der Waals surface area contributed by atoms with Gasteiger partial charge in [0.25, 0.3) is 0 Å². The summed E-state index contributed by atoms with van der Waals surface area (Å²) in [5.74, 6) is 0.545. The van der Waals surface area contributed by atoms with Gasteiger partial charge in [-0.1, -0.05) is 52.3 Å². The smallest absolute Gasteiger partial charge is 0.201 e. The summed E-state index contributed by atoms with van der Waals surface area (Å²) >= 11 is 3.37. The Morgan fingerprint density at radius 2 is 1.86 bits per heavy atom. The summed E-state index contributed by atoms with van der Waals surface area (Å²) in [5.41, 5.74) is 1.38. The van der Waals surface area contributed by atoms with E-state index in [4.69, 9.17) is 4.74 Å². The highest BCUT2D eigenvalue weighted by Gasteiger charge is 2.11. The van der Waals surface area contributed by atoms with Crippen molar-refractivity contribution in [3.63, 3.8) is 0 Å². The Bertz CT molecular complexity index is 796. The first-order chi connectivity index (χ1) is 10.3. The minimum absolute atomic E-state index is 0.0156. The molecule has 2 aromatic carbocycles. The Balaban J connectivity index is 1.81. The lowest BCUT2D eigenvalue weighted by atomic mass is 10.1. The van der Waals surface area contributed by atoms with E-state index in [1.54, 1.807) is 12.3 Å². The molecule has 3 rings (SSSR count). The summed E-state index contributed by atoms with van der Waals surface area (Å²) in [7, 11) is 0. The summed E-state index contributed by atoms with van der Waals surface area (Å²) in [5, 5.41) is 0.989. The van der Waals surface area contributed by atoms with Crippen LogP contribution in [0.4, 0.5) is 0 Å². The molecule has 0 fully saturated rings. The van der Waals surface area contributed by atoms with E-state index in [9.17, 15) is 4.79 Å². The van der Waals surface area contributed by atoms with Crippen molar-refractivity contribution in [2.24, 2.45) is 0 Å². The first-order valence-corrected chi connectivity index (χ1v) is 7.29. The van der Waals surface area contributed by atoms with Gasteiger partial charge in [-0.15, -0.1) is 0 Å². The number of aromatic nitrogens is 1. The van der Waals surface area contributed by atoms with E-state index >= 15 is 0 Å². The molecule has 0 atom stereocenters. The Morgan fingerprint density at radius 3 is 2.71 bits per heavy atom. The molecule has 3 aromatic rings. The second-order valence-electron chi connectivity index (χ2n) is 4.52. The lowest BCUT2D eigenvalue weighted by molar-refractivity contribution is 0.0922. The van der Waals surface area contributed by atoms with Crippen LogP contribution in [0, 0.1) is 0 Å². The molecule has 0 amide bonds. The molecule has 0 aliphatic rings. The first-order valence-electron chi connectivity index (χ1n) is 6.50. The molecule has 21 heavy (non-hydrogen) atoms. The van der Waals surface area contributed by atoms with Gasteiger partial charge in [0.2, 0.25) is 5.78 Å². The highest BCUT2D eigenvalue weighted by molar-refractivity contribution is 9.10. The van der Waals surface area contributed by atoms with E-state index < -0.39 is 0 Å². The van der Waals surface area contributed by atoms with Gasteiger partial charge in [-0.2, -0.15) is 0 Å². The highest BCUT2D eigenvalue weighted by atomic mass is 79.9. The third kappa shape index (κ3) is 2.95. The largest absolute Gasteiger partial charge is 0.483 e. The molecule has 104 valence electrons. The fraction of sp³-hybridized carbons (Fsp3) is 0.0588. The monoisotopic (exact) mass is 341 g/mol. The number of ether oxygens (including phenoxy) is 1. The van der Waals surface area contributed by atoms with Gasteiger partial charge in [0.1, 0.15) is 11.3 Å². The van der Waals surface area contributed by atoms with Crippen molar-refractivity contribution >= 4 is 32.6 Å². The molecule has 0 aliphatic carbocycles. The van der Waals surface area contributed by atoms with Crippen LogP contribution in [0.5, 0.6) is 5.75 Å². The summed E-state index contributed by atoms with van der Waals surface area (Å²) in [6.45, 7) is -0.0156. The fourth-order valence-corrected chi connectivity index (χ4v) is 2.61. The number of halogens is 1. The second kappa shape index (κ2) is 6.06. The van der Waals surface area contributed by atoms with Gasteiger partial charge in [0.15, 0.2) is 6.61 Å². The number of carbonyl (C=O) groups excluding carboxylic acids is 1. The van der Waals surface area contributed by atoms with E-state index in [0.29, 0.717) is 11.3 Å². The molecule has 4 heteroatoms. The van der Waals surface area contributed by atoms with Crippen molar-refractivity contribution in [2.75, 3.05) is 6.61 Å². The van der Waals surface area contributed by atoms with Crippen molar-refractivity contribution in [3.05, 3.63) is 70.8 Å². The van der Waals surface area contributed by atoms with Crippen molar-refractivity contribution < 1.29 is 9.53 Å². The summed E-state index contributed by atoms with van der Waals surface area (Å²) in [6, 6.07) is 16.8. The number of Topliss-reactive ketones (excluding diaryl/α,β-unsaturated/α-hetero) is 1. The van der Waals surface area contributed by atoms with E-state index in [1.165, 1.54) is 0 Å². The predicted octanol–water partition coefficient (Wildman–Crippen LogP) is 4.26. The zero-order valence-corrected chi connectivity index (χ0v) is 12.7. The van der Waals surface area contributed by atoms with Crippen molar-refractivity contribution in [3.8, 4) is 5.75 Å². The normalized spacial score (nSPS) is 10.5. The van der Waals surface area contributed by atoms with E-state index in [-0.39, 0.29) is 12.4 Å². The van der Waals surface area contributed by atoms with Crippen molar-refractivity contribution in [1.29, 1.82) is 0 Å². The van der Waals surface area contributed by atoms with Gasteiger partial charge < -0.3 is 4.74 Å². The Morgan fingerprint density at radius 1 is 1.05 bits per heavy atom. The Labute approximate surface area is 130 Å². The van der Waals surface area contributed by atoms with Crippen LogP contribution in [-0.2, 0) is 0 Å². The van der Waals surface area contributed by atoms with Gasteiger partial charge in [0.05, 0.1) is 0 Å². The summed E-state index contributed by atoms with van der Waals surface area (Å²) < 4.78 is 6.43. The predicted molar refractivity (Wildman–Crippen MR) is 85.7 cm³/mol. The third-order valence-electron chi connectivity index (χ3n) is 3.13. The number of pyridine rings is 1.